The largest absolute Gasteiger partial charge is 0.485 e. The summed E-state index contributed by atoms with van der Waals surface area (Å²) in [6, 6.07) is 8.21. The van der Waals surface area contributed by atoms with Gasteiger partial charge in [0.05, 0.1) is 23.9 Å². The van der Waals surface area contributed by atoms with Crippen LogP contribution >= 0.6 is 11.3 Å². The maximum absolute atomic E-state index is 14.0. The molecule has 0 spiro atoms. The molecule has 8 nitrogen and oxygen atoms in total. The molecule has 2 aromatic carbocycles. The molecule has 0 radical (unpaired) electrons. The van der Waals surface area contributed by atoms with Gasteiger partial charge in [0.1, 0.15) is 12.7 Å². The Morgan fingerprint density at radius 2 is 1.74 bits per heavy atom. The van der Waals surface area contributed by atoms with E-state index in [0.29, 0.717) is 37.2 Å². The number of carbonyl (C=O) groups excluding carboxylic acids is 3. The second-order valence-corrected chi connectivity index (χ2v) is 11.4. The van der Waals surface area contributed by atoms with Crippen molar-refractivity contribution in [2.75, 3.05) is 26.3 Å². The number of halogens is 4. The molecule has 1 aliphatic heterocycles. The normalized spacial score (nSPS) is 15.3. The number of aliphatic hydroxyl groups is 1. The molecule has 1 aromatic heterocycles. The van der Waals surface area contributed by atoms with Crippen LogP contribution in [-0.4, -0.2) is 66.2 Å². The van der Waals surface area contributed by atoms with Crippen LogP contribution in [0.3, 0.4) is 0 Å². The van der Waals surface area contributed by atoms with Crippen molar-refractivity contribution < 1.29 is 46.5 Å². The Balaban J connectivity index is 1.38. The average Bonchev–Trinajstić information content (AvgIpc) is 3.44. The van der Waals surface area contributed by atoms with Crippen LogP contribution in [0.4, 0.5) is 17.6 Å². The average molecular weight is 625 g/mol. The minimum Gasteiger partial charge on any atom is -0.485 e. The Hall–Kier alpha value is -3.71. The van der Waals surface area contributed by atoms with E-state index in [1.807, 2.05) is 37.3 Å². The smallest absolute Gasteiger partial charge is 0.307 e. The molecule has 1 saturated heterocycles. The minimum atomic E-state index is -1.79. The number of benzene rings is 2. The topological polar surface area (TPSA) is 105 Å². The van der Waals surface area contributed by atoms with E-state index in [-0.39, 0.29) is 18.6 Å². The van der Waals surface area contributed by atoms with Gasteiger partial charge < -0.3 is 24.8 Å². The number of nitrogens with one attached hydrogen (secondary N) is 1. The van der Waals surface area contributed by atoms with Gasteiger partial charge in [0.15, 0.2) is 17.4 Å². The van der Waals surface area contributed by atoms with E-state index in [1.54, 1.807) is 4.90 Å². The van der Waals surface area contributed by atoms with Gasteiger partial charge in [-0.25, -0.2) is 8.78 Å². The van der Waals surface area contributed by atoms with Crippen molar-refractivity contribution in [3.63, 3.8) is 0 Å². The first-order valence-corrected chi connectivity index (χ1v) is 14.8. The summed E-state index contributed by atoms with van der Waals surface area (Å²) in [7, 11) is 0. The molecular formula is C30H32F4N2O6S. The van der Waals surface area contributed by atoms with Gasteiger partial charge in [0.25, 0.3) is 5.91 Å². The van der Waals surface area contributed by atoms with Crippen LogP contribution in [0.25, 0.3) is 10.1 Å². The van der Waals surface area contributed by atoms with Gasteiger partial charge in [-0.3, -0.25) is 14.4 Å². The number of hydrogen-bond donors (Lipinski definition) is 2. The van der Waals surface area contributed by atoms with Crippen molar-refractivity contribution >= 4 is 39.2 Å². The molecule has 2 heterocycles. The third kappa shape index (κ3) is 8.02. The zero-order valence-electron chi connectivity index (χ0n) is 23.4. The molecule has 3 aromatic rings. The highest BCUT2D eigenvalue weighted by Gasteiger charge is 2.33. The first kappa shape index (κ1) is 32.2. The predicted molar refractivity (Wildman–Crippen MR) is 151 cm³/mol. The summed E-state index contributed by atoms with van der Waals surface area (Å²) in [5.74, 6) is -10.3. The number of esters is 1. The van der Waals surface area contributed by atoms with Gasteiger partial charge in [-0.05, 0) is 36.8 Å². The zero-order valence-corrected chi connectivity index (χ0v) is 24.2. The molecule has 1 unspecified atom stereocenters. The summed E-state index contributed by atoms with van der Waals surface area (Å²) < 4.78 is 66.1. The summed E-state index contributed by atoms with van der Waals surface area (Å²) in [4.78, 5) is 40.9. The fourth-order valence-corrected chi connectivity index (χ4v) is 5.73. The number of aliphatic hydroxyl groups excluding tert-OH is 1. The van der Waals surface area contributed by atoms with Crippen molar-refractivity contribution in [3.05, 3.63) is 64.5 Å². The number of rotatable bonds is 12. The van der Waals surface area contributed by atoms with Crippen molar-refractivity contribution in [2.45, 2.75) is 51.2 Å². The third-order valence-corrected chi connectivity index (χ3v) is 8.30. The molecule has 2 N–H and O–H groups in total. The molecule has 1 aliphatic rings. The SMILES string of the molecule is CCCCOC(=O)C[C@H](NC(=O)C1CCN(C(=O)c2cc3ccccc3s2)CC1)C(O)COc1c(F)c(F)cc(F)c1F. The monoisotopic (exact) mass is 624 g/mol. The van der Waals surface area contributed by atoms with Crippen molar-refractivity contribution in [1.29, 1.82) is 0 Å². The fraction of sp³-hybridized carbons (Fsp3) is 0.433. The van der Waals surface area contributed by atoms with Crippen LogP contribution in [0.15, 0.2) is 36.4 Å². The van der Waals surface area contributed by atoms with E-state index in [9.17, 15) is 37.1 Å². The van der Waals surface area contributed by atoms with Crippen LogP contribution in [0.2, 0.25) is 0 Å². The maximum Gasteiger partial charge on any atom is 0.307 e. The van der Waals surface area contributed by atoms with E-state index >= 15 is 0 Å². The Morgan fingerprint density at radius 1 is 1.07 bits per heavy atom. The van der Waals surface area contributed by atoms with Crippen molar-refractivity contribution in [1.82, 2.24) is 10.2 Å². The highest BCUT2D eigenvalue weighted by Crippen LogP contribution is 2.29. The first-order chi connectivity index (χ1) is 20.6. The molecular weight excluding hydrogens is 592 g/mol. The van der Waals surface area contributed by atoms with Gasteiger partial charge >= 0.3 is 5.97 Å². The van der Waals surface area contributed by atoms with E-state index < -0.39 is 72.0 Å². The lowest BCUT2D eigenvalue weighted by Gasteiger charge is -2.32. The highest BCUT2D eigenvalue weighted by atomic mass is 32.1. The second-order valence-electron chi connectivity index (χ2n) is 10.3. The van der Waals surface area contributed by atoms with Gasteiger partial charge in [-0.15, -0.1) is 11.3 Å². The van der Waals surface area contributed by atoms with E-state index in [2.05, 4.69) is 5.32 Å². The zero-order chi connectivity index (χ0) is 31.1. The number of hydrogen-bond acceptors (Lipinski definition) is 7. The minimum absolute atomic E-state index is 0.0185. The number of piperidine rings is 1. The first-order valence-electron chi connectivity index (χ1n) is 14.0. The van der Waals surface area contributed by atoms with E-state index in [0.717, 1.165) is 16.5 Å². The molecule has 0 saturated carbocycles. The molecule has 4 rings (SSSR count). The molecule has 1 fully saturated rings. The summed E-state index contributed by atoms with van der Waals surface area (Å²) in [5, 5.41) is 14.3. The predicted octanol–water partition coefficient (Wildman–Crippen LogP) is 4.97. The van der Waals surface area contributed by atoms with E-state index in [4.69, 9.17) is 9.47 Å². The highest BCUT2D eigenvalue weighted by molar-refractivity contribution is 7.20. The lowest BCUT2D eigenvalue weighted by Crippen LogP contribution is -2.51. The Kier molecular flexibility index (Phi) is 11.0. The summed E-state index contributed by atoms with van der Waals surface area (Å²) >= 11 is 1.39. The van der Waals surface area contributed by atoms with Crippen molar-refractivity contribution in [2.24, 2.45) is 5.92 Å². The van der Waals surface area contributed by atoms with Gasteiger partial charge in [0.2, 0.25) is 17.5 Å². The van der Waals surface area contributed by atoms with Crippen molar-refractivity contribution in [3.8, 4) is 5.75 Å². The summed E-state index contributed by atoms with van der Waals surface area (Å²) in [6.07, 6.45) is -0.205. The van der Waals surface area contributed by atoms with Crippen LogP contribution in [0.5, 0.6) is 5.75 Å². The number of fused-ring (bicyclic) bond motifs is 1. The molecule has 13 heteroatoms. The molecule has 232 valence electrons. The van der Waals surface area contributed by atoms with Gasteiger partial charge in [0, 0.05) is 29.8 Å². The van der Waals surface area contributed by atoms with Gasteiger partial charge in [-0.1, -0.05) is 31.5 Å². The van der Waals surface area contributed by atoms with Crippen LogP contribution < -0.4 is 10.1 Å². The van der Waals surface area contributed by atoms with Crippen LogP contribution in [0.1, 0.15) is 48.7 Å². The summed E-state index contributed by atoms with van der Waals surface area (Å²) in [6.45, 7) is 1.74. The van der Waals surface area contributed by atoms with E-state index in [1.165, 1.54) is 11.3 Å². The standard InChI is InChI=1S/C30H32F4N2O6S/c1-2-3-12-41-25(38)15-21(22(37)16-42-28-26(33)19(31)14-20(32)27(28)34)35-29(39)17-8-10-36(11-9-17)30(40)24-13-18-6-4-5-7-23(18)43-24/h4-7,13-14,17,21-22,37H,2-3,8-12,15-16H2,1H3,(H,35,39)/t21-,22?/m0/s1. The number of unbranched alkanes of at least 4 members (excludes halogenated alkanes) is 1. The van der Waals surface area contributed by atoms with Crippen LogP contribution in [-0.2, 0) is 14.3 Å². The second kappa shape index (κ2) is 14.6. The number of carbonyl (C=O) groups is 3. The Labute approximate surface area is 249 Å². The number of thiophene rings is 1. The number of nitrogens with zero attached hydrogens (tertiary/aromatic N) is 1. The Bertz CT molecular complexity index is 1400. The lowest BCUT2D eigenvalue weighted by molar-refractivity contribution is -0.145. The number of amides is 2. The molecule has 2 amide bonds. The fourth-order valence-electron chi connectivity index (χ4n) is 4.70. The van der Waals surface area contributed by atoms with Crippen LogP contribution in [0, 0.1) is 29.2 Å². The Morgan fingerprint density at radius 3 is 2.40 bits per heavy atom. The summed E-state index contributed by atoms with van der Waals surface area (Å²) in [5.41, 5.74) is 0. The maximum atomic E-state index is 14.0. The number of likely N-dealkylation sites (tertiary alicyclic amines) is 1. The molecule has 43 heavy (non-hydrogen) atoms. The lowest BCUT2D eigenvalue weighted by atomic mass is 9.94. The third-order valence-electron chi connectivity index (χ3n) is 7.20. The molecule has 2 atom stereocenters. The molecule has 0 aliphatic carbocycles. The quantitative estimate of drug-likeness (QED) is 0.128. The molecule has 0 bridgehead atoms. The van der Waals surface area contributed by atoms with Gasteiger partial charge in [-0.2, -0.15) is 8.78 Å². The number of ether oxygens (including phenoxy) is 2.